The van der Waals surface area contributed by atoms with E-state index in [-0.39, 0.29) is 5.56 Å². The molecule has 2 nitrogen and oxygen atoms in total. The van der Waals surface area contributed by atoms with Gasteiger partial charge < -0.3 is 10.6 Å². The Morgan fingerprint density at radius 3 is 2.72 bits per heavy atom. The molecule has 0 bridgehead atoms. The van der Waals surface area contributed by atoms with E-state index in [1.807, 2.05) is 0 Å². The summed E-state index contributed by atoms with van der Waals surface area (Å²) >= 11 is 0. The maximum absolute atomic E-state index is 13.1. The smallest absolute Gasteiger partial charge is 0.265 e. The molecule has 4 heteroatoms. The lowest BCUT2D eigenvalue weighted by atomic mass is 10.1. The summed E-state index contributed by atoms with van der Waals surface area (Å²) in [5.74, 6) is 0. The van der Waals surface area contributed by atoms with Crippen molar-refractivity contribution >= 4 is 11.4 Å². The van der Waals surface area contributed by atoms with E-state index in [0.717, 1.165) is 19.3 Å². The highest BCUT2D eigenvalue weighted by atomic mass is 19.3. The Labute approximate surface area is 107 Å². The molecule has 2 N–H and O–H groups in total. The first kappa shape index (κ1) is 13.1. The van der Waals surface area contributed by atoms with Crippen LogP contribution >= 0.6 is 0 Å². The molecule has 1 aliphatic heterocycles. The third-order valence-corrected chi connectivity index (χ3v) is 3.82. The Balaban J connectivity index is 2.43. The van der Waals surface area contributed by atoms with Crippen molar-refractivity contribution in [1.82, 2.24) is 0 Å². The second-order valence-electron chi connectivity index (χ2n) is 5.01. The molecule has 0 aliphatic carbocycles. The van der Waals surface area contributed by atoms with Crippen LogP contribution in [0.15, 0.2) is 18.2 Å². The summed E-state index contributed by atoms with van der Waals surface area (Å²) in [5, 5.41) is 0. The molecule has 2 unspecified atom stereocenters. The molecule has 0 aromatic heterocycles. The number of halogens is 2. The number of benzene rings is 1. The van der Waals surface area contributed by atoms with Gasteiger partial charge in [0.2, 0.25) is 0 Å². The molecule has 1 fully saturated rings. The van der Waals surface area contributed by atoms with E-state index in [4.69, 9.17) is 5.73 Å². The summed E-state index contributed by atoms with van der Waals surface area (Å²) in [5.41, 5.74) is 6.72. The van der Waals surface area contributed by atoms with Gasteiger partial charge in [0.05, 0.1) is 0 Å². The van der Waals surface area contributed by atoms with Crippen LogP contribution in [-0.4, -0.2) is 12.1 Å². The predicted octanol–water partition coefficient (Wildman–Crippen LogP) is 3.97. The topological polar surface area (TPSA) is 29.3 Å². The molecule has 0 radical (unpaired) electrons. The fraction of sp³-hybridized carbons (Fsp3) is 0.571. The van der Waals surface area contributed by atoms with E-state index in [2.05, 4.69) is 18.7 Å². The van der Waals surface area contributed by atoms with Gasteiger partial charge in [-0.3, -0.25) is 0 Å². The SMILES string of the molecule is CCC1CCC(C)N1c1ccc(N)cc1C(F)F. The van der Waals surface area contributed by atoms with Gasteiger partial charge in [0.15, 0.2) is 0 Å². The summed E-state index contributed by atoms with van der Waals surface area (Å²) in [7, 11) is 0. The molecule has 1 aromatic carbocycles. The van der Waals surface area contributed by atoms with Gasteiger partial charge in [0, 0.05) is 29.0 Å². The van der Waals surface area contributed by atoms with E-state index < -0.39 is 6.43 Å². The van der Waals surface area contributed by atoms with Crippen LogP contribution in [0.1, 0.15) is 45.1 Å². The molecule has 2 rings (SSSR count). The Morgan fingerprint density at radius 1 is 1.39 bits per heavy atom. The number of hydrogen-bond acceptors (Lipinski definition) is 2. The highest BCUT2D eigenvalue weighted by molar-refractivity contribution is 5.61. The largest absolute Gasteiger partial charge is 0.399 e. The minimum absolute atomic E-state index is 0.0576. The zero-order chi connectivity index (χ0) is 13.3. The molecule has 0 spiro atoms. The van der Waals surface area contributed by atoms with E-state index in [1.54, 1.807) is 12.1 Å². The number of hydrogen-bond donors (Lipinski definition) is 1. The first-order valence-electron chi connectivity index (χ1n) is 6.50. The zero-order valence-electron chi connectivity index (χ0n) is 10.9. The molecule has 100 valence electrons. The van der Waals surface area contributed by atoms with Crippen molar-refractivity contribution in [2.24, 2.45) is 0 Å². The van der Waals surface area contributed by atoms with Crippen molar-refractivity contribution in [3.63, 3.8) is 0 Å². The Morgan fingerprint density at radius 2 is 2.11 bits per heavy atom. The molecular formula is C14H20F2N2. The van der Waals surface area contributed by atoms with E-state index >= 15 is 0 Å². The fourth-order valence-corrected chi connectivity index (χ4v) is 2.89. The minimum Gasteiger partial charge on any atom is -0.399 e. The number of nitrogen functional groups attached to an aromatic ring is 1. The highest BCUT2D eigenvalue weighted by Gasteiger charge is 2.32. The average molecular weight is 254 g/mol. The van der Waals surface area contributed by atoms with Crippen LogP contribution in [-0.2, 0) is 0 Å². The van der Waals surface area contributed by atoms with Crippen molar-refractivity contribution in [3.8, 4) is 0 Å². The summed E-state index contributed by atoms with van der Waals surface area (Å²) in [6.45, 7) is 4.20. The van der Waals surface area contributed by atoms with E-state index in [0.29, 0.717) is 23.5 Å². The van der Waals surface area contributed by atoms with E-state index in [1.165, 1.54) is 6.07 Å². The summed E-state index contributed by atoms with van der Waals surface area (Å²) in [4.78, 5) is 2.14. The van der Waals surface area contributed by atoms with Gasteiger partial charge in [-0.05, 0) is 44.4 Å². The molecule has 0 amide bonds. The van der Waals surface area contributed by atoms with Gasteiger partial charge >= 0.3 is 0 Å². The maximum atomic E-state index is 13.1. The second kappa shape index (κ2) is 5.12. The fourth-order valence-electron chi connectivity index (χ4n) is 2.89. The van der Waals surface area contributed by atoms with Crippen molar-refractivity contribution < 1.29 is 8.78 Å². The maximum Gasteiger partial charge on any atom is 0.265 e. The quantitative estimate of drug-likeness (QED) is 0.827. The van der Waals surface area contributed by atoms with Crippen molar-refractivity contribution in [3.05, 3.63) is 23.8 Å². The van der Waals surface area contributed by atoms with Crippen LogP contribution in [0, 0.1) is 0 Å². The van der Waals surface area contributed by atoms with E-state index in [9.17, 15) is 8.78 Å². The number of alkyl halides is 2. The molecular weight excluding hydrogens is 234 g/mol. The first-order valence-corrected chi connectivity index (χ1v) is 6.50. The molecule has 1 aromatic rings. The molecule has 1 saturated heterocycles. The van der Waals surface area contributed by atoms with Crippen LogP contribution in [0.25, 0.3) is 0 Å². The van der Waals surface area contributed by atoms with Crippen LogP contribution in [0.5, 0.6) is 0 Å². The molecule has 18 heavy (non-hydrogen) atoms. The number of nitrogens with two attached hydrogens (primary N) is 1. The molecule has 1 heterocycles. The average Bonchev–Trinajstić information content (AvgIpc) is 2.70. The monoisotopic (exact) mass is 254 g/mol. The zero-order valence-corrected chi connectivity index (χ0v) is 10.9. The van der Waals surface area contributed by atoms with Crippen molar-refractivity contribution in [2.45, 2.75) is 51.6 Å². The first-order chi connectivity index (χ1) is 8.54. The lowest BCUT2D eigenvalue weighted by molar-refractivity contribution is 0.151. The minimum atomic E-state index is -2.48. The van der Waals surface area contributed by atoms with Gasteiger partial charge in [-0.15, -0.1) is 0 Å². The number of rotatable bonds is 3. The molecule has 0 saturated carbocycles. The Bertz CT molecular complexity index is 420. The van der Waals surface area contributed by atoms with Crippen LogP contribution in [0.2, 0.25) is 0 Å². The lowest BCUT2D eigenvalue weighted by Gasteiger charge is -2.32. The van der Waals surface area contributed by atoms with Gasteiger partial charge in [-0.2, -0.15) is 0 Å². The number of anilines is 2. The van der Waals surface area contributed by atoms with Crippen LogP contribution in [0.4, 0.5) is 20.2 Å². The third kappa shape index (κ3) is 2.28. The third-order valence-electron chi connectivity index (χ3n) is 3.82. The molecule has 2 atom stereocenters. The van der Waals surface area contributed by atoms with Crippen molar-refractivity contribution in [1.29, 1.82) is 0 Å². The summed E-state index contributed by atoms with van der Waals surface area (Å²) in [6, 6.07) is 5.52. The summed E-state index contributed by atoms with van der Waals surface area (Å²) < 4.78 is 26.3. The van der Waals surface area contributed by atoms with Gasteiger partial charge in [0.25, 0.3) is 6.43 Å². The van der Waals surface area contributed by atoms with Crippen LogP contribution in [0.3, 0.4) is 0 Å². The van der Waals surface area contributed by atoms with Crippen LogP contribution < -0.4 is 10.6 Å². The number of nitrogens with zero attached hydrogens (tertiary/aromatic N) is 1. The lowest BCUT2D eigenvalue weighted by Crippen LogP contribution is -2.34. The Hall–Kier alpha value is -1.32. The Kier molecular flexibility index (Phi) is 3.73. The second-order valence-corrected chi connectivity index (χ2v) is 5.01. The predicted molar refractivity (Wildman–Crippen MR) is 71.1 cm³/mol. The van der Waals surface area contributed by atoms with Gasteiger partial charge in [-0.1, -0.05) is 6.92 Å². The van der Waals surface area contributed by atoms with Crippen molar-refractivity contribution in [2.75, 3.05) is 10.6 Å². The normalized spacial score (nSPS) is 23.9. The highest BCUT2D eigenvalue weighted by Crippen LogP contribution is 2.38. The van der Waals surface area contributed by atoms with Gasteiger partial charge in [-0.25, -0.2) is 8.78 Å². The molecule has 1 aliphatic rings. The standard InChI is InChI=1S/C14H20F2N2/c1-3-11-6-4-9(2)18(11)13-7-5-10(17)8-12(13)14(15)16/h5,7-9,11,14H,3-4,6,17H2,1-2H3. The van der Waals surface area contributed by atoms with Gasteiger partial charge in [0.1, 0.15) is 0 Å². The summed E-state index contributed by atoms with van der Waals surface area (Å²) in [6.07, 6.45) is 0.641.